The molecule has 102 valence electrons. The van der Waals surface area contributed by atoms with Gasteiger partial charge >= 0.3 is 0 Å². The molecule has 0 aromatic heterocycles. The van der Waals surface area contributed by atoms with E-state index in [1.807, 2.05) is 13.0 Å². The molecule has 2 rings (SSSR count). The van der Waals surface area contributed by atoms with Crippen LogP contribution in [-0.4, -0.2) is 23.9 Å². The van der Waals surface area contributed by atoms with Crippen molar-refractivity contribution in [2.75, 3.05) is 6.54 Å². The van der Waals surface area contributed by atoms with Crippen molar-refractivity contribution in [2.24, 2.45) is 5.73 Å². The zero-order valence-corrected chi connectivity index (χ0v) is 11.0. The van der Waals surface area contributed by atoms with Crippen LogP contribution in [0.1, 0.15) is 35.7 Å². The number of nitrogens with two attached hydrogens (primary N) is 1. The van der Waals surface area contributed by atoms with E-state index in [0.717, 1.165) is 24.9 Å². The van der Waals surface area contributed by atoms with E-state index >= 15 is 0 Å². The monoisotopic (exact) mass is 261 g/mol. The van der Waals surface area contributed by atoms with Crippen LogP contribution in [0.25, 0.3) is 0 Å². The summed E-state index contributed by atoms with van der Waals surface area (Å²) in [4.78, 5) is 23.2. The largest absolute Gasteiger partial charge is 0.366 e. The quantitative estimate of drug-likeness (QED) is 0.739. The van der Waals surface area contributed by atoms with Crippen LogP contribution < -0.4 is 16.4 Å². The Kier molecular flexibility index (Phi) is 3.85. The average molecular weight is 261 g/mol. The zero-order chi connectivity index (χ0) is 13.9. The summed E-state index contributed by atoms with van der Waals surface area (Å²) in [6.07, 6.45) is 1.86. The fourth-order valence-corrected chi connectivity index (χ4v) is 2.30. The first kappa shape index (κ1) is 13.5. The van der Waals surface area contributed by atoms with Crippen molar-refractivity contribution in [3.8, 4) is 0 Å². The van der Waals surface area contributed by atoms with Gasteiger partial charge in [0.05, 0.1) is 5.54 Å². The summed E-state index contributed by atoms with van der Waals surface area (Å²) < 4.78 is 0. The lowest BCUT2D eigenvalue weighted by Crippen LogP contribution is -2.50. The maximum absolute atomic E-state index is 12.1. The second-order valence-corrected chi connectivity index (χ2v) is 5.11. The van der Waals surface area contributed by atoms with Crippen LogP contribution in [0, 0.1) is 0 Å². The highest BCUT2D eigenvalue weighted by atomic mass is 16.2. The maximum atomic E-state index is 12.1. The first-order chi connectivity index (χ1) is 9.01. The summed E-state index contributed by atoms with van der Waals surface area (Å²) in [5.41, 5.74) is 6.07. The van der Waals surface area contributed by atoms with Crippen LogP contribution >= 0.6 is 0 Å². The van der Waals surface area contributed by atoms with Crippen molar-refractivity contribution < 1.29 is 9.59 Å². The number of carbonyl (C=O) groups excluding carboxylic acids is 2. The van der Waals surface area contributed by atoms with Gasteiger partial charge in [0.15, 0.2) is 0 Å². The Balaban J connectivity index is 1.97. The van der Waals surface area contributed by atoms with Crippen molar-refractivity contribution in [1.29, 1.82) is 0 Å². The molecule has 1 aliphatic rings. The minimum Gasteiger partial charge on any atom is -0.366 e. The Hall–Kier alpha value is -1.88. The number of carbonyl (C=O) groups is 2. The second-order valence-electron chi connectivity index (χ2n) is 5.11. The van der Waals surface area contributed by atoms with Crippen molar-refractivity contribution in [2.45, 2.75) is 31.8 Å². The molecule has 1 heterocycles. The van der Waals surface area contributed by atoms with Crippen molar-refractivity contribution in [3.63, 3.8) is 0 Å². The van der Waals surface area contributed by atoms with Crippen molar-refractivity contribution in [1.82, 2.24) is 10.6 Å². The molecule has 19 heavy (non-hydrogen) atoms. The lowest BCUT2D eigenvalue weighted by molar-refractivity contribution is -0.126. The number of amides is 2. The van der Waals surface area contributed by atoms with Gasteiger partial charge in [-0.2, -0.15) is 0 Å². The highest BCUT2D eigenvalue weighted by molar-refractivity contribution is 5.93. The minimum absolute atomic E-state index is 0.00511. The number of benzene rings is 1. The molecule has 1 unspecified atom stereocenters. The van der Waals surface area contributed by atoms with Crippen molar-refractivity contribution in [3.05, 3.63) is 35.4 Å². The summed E-state index contributed by atoms with van der Waals surface area (Å²) in [5.74, 6) is -0.466. The third-order valence-electron chi connectivity index (χ3n) is 3.53. The molecule has 1 saturated heterocycles. The molecule has 1 aromatic carbocycles. The summed E-state index contributed by atoms with van der Waals surface area (Å²) >= 11 is 0. The molecular formula is C14H19N3O2. The molecule has 0 bridgehead atoms. The first-order valence-electron chi connectivity index (χ1n) is 6.43. The Morgan fingerprint density at radius 3 is 2.89 bits per heavy atom. The lowest BCUT2D eigenvalue weighted by Gasteiger charge is -2.23. The molecule has 0 radical (unpaired) electrons. The SMILES string of the molecule is CC1(C(=O)NCc2cccc(C(N)=O)c2)CCCN1. The Morgan fingerprint density at radius 2 is 2.26 bits per heavy atom. The normalized spacial score (nSPS) is 22.2. The smallest absolute Gasteiger partial charge is 0.248 e. The van der Waals surface area contributed by atoms with E-state index in [4.69, 9.17) is 5.73 Å². The van der Waals surface area contributed by atoms with Gasteiger partial charge in [-0.3, -0.25) is 9.59 Å². The lowest BCUT2D eigenvalue weighted by atomic mass is 9.99. The van der Waals surface area contributed by atoms with Crippen LogP contribution in [-0.2, 0) is 11.3 Å². The zero-order valence-electron chi connectivity index (χ0n) is 11.0. The Bertz CT molecular complexity index is 493. The Labute approximate surface area is 112 Å². The van der Waals surface area contributed by atoms with Crippen LogP contribution in [0.4, 0.5) is 0 Å². The van der Waals surface area contributed by atoms with E-state index in [-0.39, 0.29) is 5.91 Å². The van der Waals surface area contributed by atoms with Gasteiger partial charge in [0.25, 0.3) is 0 Å². The van der Waals surface area contributed by atoms with Crippen molar-refractivity contribution >= 4 is 11.8 Å². The average Bonchev–Trinajstić information content (AvgIpc) is 2.84. The van der Waals surface area contributed by atoms with Crippen LogP contribution in [0.3, 0.4) is 0 Å². The molecule has 0 aliphatic carbocycles. The standard InChI is InChI=1S/C14H19N3O2/c1-14(6-3-7-17-14)13(19)16-9-10-4-2-5-11(8-10)12(15)18/h2,4-5,8,17H,3,6-7,9H2,1H3,(H2,15,18)(H,16,19). The molecule has 1 aromatic rings. The van der Waals surface area contributed by atoms with E-state index < -0.39 is 11.4 Å². The molecular weight excluding hydrogens is 242 g/mol. The molecule has 1 fully saturated rings. The molecule has 1 aliphatic heterocycles. The van der Waals surface area contributed by atoms with Gasteiger partial charge in [0.1, 0.15) is 0 Å². The second kappa shape index (κ2) is 5.40. The van der Waals surface area contributed by atoms with E-state index in [0.29, 0.717) is 12.1 Å². The summed E-state index contributed by atoms with van der Waals surface area (Å²) in [6.45, 7) is 3.19. The molecule has 4 N–H and O–H groups in total. The van der Waals surface area contributed by atoms with Gasteiger partial charge in [0.2, 0.25) is 11.8 Å². The van der Waals surface area contributed by atoms with Gasteiger partial charge in [-0.1, -0.05) is 12.1 Å². The number of primary amides is 1. The highest BCUT2D eigenvalue weighted by Gasteiger charge is 2.35. The fourth-order valence-electron chi connectivity index (χ4n) is 2.30. The number of rotatable bonds is 4. The molecule has 2 amide bonds. The van der Waals surface area contributed by atoms with E-state index in [1.54, 1.807) is 18.2 Å². The predicted octanol–water partition coefficient (Wildman–Crippen LogP) is 0.544. The molecule has 5 heteroatoms. The topological polar surface area (TPSA) is 84.2 Å². The van der Waals surface area contributed by atoms with Gasteiger partial charge in [-0.25, -0.2) is 0 Å². The molecule has 0 spiro atoms. The van der Waals surface area contributed by atoms with Crippen LogP contribution in [0.2, 0.25) is 0 Å². The van der Waals surface area contributed by atoms with Gasteiger partial charge in [-0.15, -0.1) is 0 Å². The van der Waals surface area contributed by atoms with Gasteiger partial charge in [-0.05, 0) is 44.0 Å². The number of nitrogens with one attached hydrogen (secondary N) is 2. The molecule has 5 nitrogen and oxygen atoms in total. The number of hydrogen-bond donors (Lipinski definition) is 3. The highest BCUT2D eigenvalue weighted by Crippen LogP contribution is 2.18. The molecule has 1 atom stereocenters. The van der Waals surface area contributed by atoms with E-state index in [2.05, 4.69) is 10.6 Å². The first-order valence-corrected chi connectivity index (χ1v) is 6.43. The third kappa shape index (κ3) is 3.12. The fraction of sp³-hybridized carbons (Fsp3) is 0.429. The minimum atomic E-state index is -0.471. The summed E-state index contributed by atoms with van der Waals surface area (Å²) in [5, 5.41) is 6.11. The van der Waals surface area contributed by atoms with Gasteiger partial charge < -0.3 is 16.4 Å². The summed E-state index contributed by atoms with van der Waals surface area (Å²) in [7, 11) is 0. The van der Waals surface area contributed by atoms with Crippen LogP contribution in [0.15, 0.2) is 24.3 Å². The molecule has 0 saturated carbocycles. The third-order valence-corrected chi connectivity index (χ3v) is 3.53. The predicted molar refractivity (Wildman–Crippen MR) is 72.4 cm³/mol. The number of hydrogen-bond acceptors (Lipinski definition) is 3. The van der Waals surface area contributed by atoms with E-state index in [9.17, 15) is 9.59 Å². The van der Waals surface area contributed by atoms with E-state index in [1.165, 1.54) is 0 Å². The van der Waals surface area contributed by atoms with Crippen LogP contribution in [0.5, 0.6) is 0 Å². The summed E-state index contributed by atoms with van der Waals surface area (Å²) in [6, 6.07) is 6.98. The van der Waals surface area contributed by atoms with Gasteiger partial charge in [0, 0.05) is 12.1 Å². The Morgan fingerprint density at radius 1 is 1.47 bits per heavy atom. The maximum Gasteiger partial charge on any atom is 0.248 e.